The highest BCUT2D eigenvalue weighted by molar-refractivity contribution is 5.95. The minimum Gasteiger partial charge on any atom is -0.381 e. The van der Waals surface area contributed by atoms with Gasteiger partial charge in [0.05, 0.1) is 6.04 Å². The van der Waals surface area contributed by atoms with Gasteiger partial charge in [-0.15, -0.1) is 0 Å². The molecule has 3 rings (SSSR count). The second-order valence-electron chi connectivity index (χ2n) is 12.3. The van der Waals surface area contributed by atoms with Crippen molar-refractivity contribution < 1.29 is 42.3 Å². The molecule has 2 saturated heterocycles. The number of carbonyl (C=O) groups excluding carboxylic acids is 5. The molecule has 14 heteroatoms. The summed E-state index contributed by atoms with van der Waals surface area (Å²) in [6.07, 6.45) is -6.47. The highest BCUT2D eigenvalue weighted by atomic mass is 19.4. The van der Waals surface area contributed by atoms with E-state index in [4.69, 9.17) is 0 Å². The largest absolute Gasteiger partial charge is 0.471 e. The molecule has 3 unspecified atom stereocenters. The molecule has 220 valence electrons. The van der Waals surface area contributed by atoms with Crippen LogP contribution >= 0.6 is 0 Å². The molecule has 3 fully saturated rings. The lowest BCUT2D eigenvalue weighted by Gasteiger charge is -2.38. The number of fused-ring (bicyclic) bond motifs is 1. The summed E-state index contributed by atoms with van der Waals surface area (Å²) in [7, 11) is 1.31. The van der Waals surface area contributed by atoms with Crippen molar-refractivity contribution in [2.45, 2.75) is 77.9 Å². The lowest BCUT2D eigenvalue weighted by Crippen LogP contribution is -2.62. The van der Waals surface area contributed by atoms with Gasteiger partial charge >= 0.3 is 12.1 Å². The molecule has 0 radical (unpaired) electrons. The summed E-state index contributed by atoms with van der Waals surface area (Å²) < 4.78 is 39.1. The maximum Gasteiger partial charge on any atom is 0.471 e. The summed E-state index contributed by atoms with van der Waals surface area (Å²) in [5.41, 5.74) is -1.46. The predicted molar refractivity (Wildman–Crippen MR) is 131 cm³/mol. The Bertz CT molecular complexity index is 1030. The number of hydrogen-bond acceptors (Lipinski definition) is 6. The van der Waals surface area contributed by atoms with Crippen molar-refractivity contribution in [3.05, 3.63) is 0 Å². The molecule has 39 heavy (non-hydrogen) atoms. The molecule has 1 aliphatic carbocycles. The van der Waals surface area contributed by atoms with Crippen LogP contribution in [-0.4, -0.2) is 90.1 Å². The van der Waals surface area contributed by atoms with Gasteiger partial charge in [0, 0.05) is 26.1 Å². The fraction of sp³-hybridized carbons (Fsp3) is 0.800. The fourth-order valence-corrected chi connectivity index (χ4v) is 5.88. The molecule has 2 aliphatic heterocycles. The molecular weight excluding hydrogens is 523 g/mol. The zero-order valence-electron chi connectivity index (χ0n) is 22.9. The summed E-state index contributed by atoms with van der Waals surface area (Å²) in [5, 5.41) is 20.1. The first-order chi connectivity index (χ1) is 17.8. The second kappa shape index (κ2) is 10.6. The van der Waals surface area contributed by atoms with Crippen LogP contribution in [0.3, 0.4) is 0 Å². The zero-order valence-corrected chi connectivity index (χ0v) is 22.9. The van der Waals surface area contributed by atoms with E-state index in [0.717, 1.165) is 0 Å². The zero-order chi connectivity index (χ0) is 29.7. The molecule has 11 nitrogen and oxygen atoms in total. The minimum atomic E-state index is -5.20. The second-order valence-corrected chi connectivity index (χ2v) is 12.3. The Kier molecular flexibility index (Phi) is 8.31. The van der Waals surface area contributed by atoms with Crippen molar-refractivity contribution in [1.82, 2.24) is 26.2 Å². The lowest BCUT2D eigenvalue weighted by atomic mass is 9.85. The number of nitrogens with zero attached hydrogens (tertiary/aromatic N) is 1. The van der Waals surface area contributed by atoms with Crippen LogP contribution in [0, 0.1) is 28.6 Å². The number of aliphatic hydroxyl groups excluding tert-OH is 1. The van der Waals surface area contributed by atoms with Gasteiger partial charge in [0.2, 0.25) is 17.7 Å². The van der Waals surface area contributed by atoms with Crippen LogP contribution in [0.25, 0.3) is 0 Å². The first kappa shape index (κ1) is 30.6. The summed E-state index contributed by atoms with van der Waals surface area (Å²) in [4.78, 5) is 64.7. The normalized spacial score (nSPS) is 28.1. The summed E-state index contributed by atoms with van der Waals surface area (Å²) in [6, 6.07) is -3.84. The Labute approximate surface area is 225 Å². The van der Waals surface area contributed by atoms with Crippen LogP contribution in [0.5, 0.6) is 0 Å². The maximum absolute atomic E-state index is 13.7. The number of halogens is 3. The Morgan fingerprint density at radius 1 is 1.15 bits per heavy atom. The SMILES string of the molecule is CNC(=O)C(O)[C@H](CC1CCNC1=O)NC(=O)[C@@H]1[C@@H]2[C@H](CN1C(=O)C(NC(=O)C(F)(F)F)C(C)(C)C)C2(C)C. The van der Waals surface area contributed by atoms with Crippen LogP contribution in [0.4, 0.5) is 13.2 Å². The van der Waals surface area contributed by atoms with E-state index in [1.807, 2.05) is 13.8 Å². The number of aliphatic hydroxyl groups is 1. The number of likely N-dealkylation sites (N-methyl/N-ethyl adjacent to an activating group) is 1. The summed E-state index contributed by atoms with van der Waals surface area (Å²) in [5.74, 6) is -5.82. The number of amides is 5. The number of likely N-dealkylation sites (tertiary alicyclic amines) is 1. The first-order valence-corrected chi connectivity index (χ1v) is 13.0. The highest BCUT2D eigenvalue weighted by Crippen LogP contribution is 2.65. The van der Waals surface area contributed by atoms with Gasteiger partial charge in [-0.1, -0.05) is 34.6 Å². The quantitative estimate of drug-likeness (QED) is 0.274. The highest BCUT2D eigenvalue weighted by Gasteiger charge is 2.70. The van der Waals surface area contributed by atoms with Crippen molar-refractivity contribution in [2.75, 3.05) is 20.1 Å². The Balaban J connectivity index is 1.88. The third-order valence-corrected chi connectivity index (χ3v) is 8.33. The number of hydrogen-bond donors (Lipinski definition) is 5. The Morgan fingerprint density at radius 3 is 2.26 bits per heavy atom. The van der Waals surface area contributed by atoms with E-state index in [2.05, 4.69) is 16.0 Å². The van der Waals surface area contributed by atoms with Crippen molar-refractivity contribution >= 4 is 29.5 Å². The van der Waals surface area contributed by atoms with E-state index in [0.29, 0.717) is 13.0 Å². The Hall–Kier alpha value is -2.90. The van der Waals surface area contributed by atoms with E-state index in [1.165, 1.54) is 32.7 Å². The molecule has 5 amide bonds. The number of piperidine rings is 1. The van der Waals surface area contributed by atoms with Crippen molar-refractivity contribution in [1.29, 1.82) is 0 Å². The summed E-state index contributed by atoms with van der Waals surface area (Å²) >= 11 is 0. The smallest absolute Gasteiger partial charge is 0.381 e. The van der Waals surface area contributed by atoms with E-state index in [9.17, 15) is 42.3 Å². The van der Waals surface area contributed by atoms with E-state index in [1.54, 1.807) is 5.32 Å². The molecular formula is C25H38F3N5O6. The van der Waals surface area contributed by atoms with Crippen molar-refractivity contribution in [3.8, 4) is 0 Å². The Morgan fingerprint density at radius 2 is 1.77 bits per heavy atom. The third kappa shape index (κ3) is 6.15. The number of alkyl halides is 3. The molecule has 0 aromatic rings. The lowest BCUT2D eigenvalue weighted by molar-refractivity contribution is -0.176. The monoisotopic (exact) mass is 561 g/mol. The topological polar surface area (TPSA) is 157 Å². The van der Waals surface area contributed by atoms with Crippen molar-refractivity contribution in [2.24, 2.45) is 28.6 Å². The molecule has 7 atom stereocenters. The van der Waals surface area contributed by atoms with Crippen LogP contribution < -0.4 is 21.3 Å². The third-order valence-electron chi connectivity index (χ3n) is 8.33. The van der Waals surface area contributed by atoms with Gasteiger partial charge in [0.1, 0.15) is 12.1 Å². The number of nitrogens with one attached hydrogen (secondary N) is 4. The average Bonchev–Trinajstić information content (AvgIpc) is 3.18. The van der Waals surface area contributed by atoms with Crippen LogP contribution in [0.15, 0.2) is 0 Å². The molecule has 0 aromatic heterocycles. The molecule has 2 heterocycles. The van der Waals surface area contributed by atoms with Gasteiger partial charge in [0.15, 0.2) is 6.10 Å². The van der Waals surface area contributed by atoms with Crippen LogP contribution in [-0.2, 0) is 24.0 Å². The van der Waals surface area contributed by atoms with E-state index < -0.39 is 65.4 Å². The summed E-state index contributed by atoms with van der Waals surface area (Å²) in [6.45, 7) is 8.85. The number of carbonyl (C=O) groups is 5. The first-order valence-electron chi connectivity index (χ1n) is 13.0. The fourth-order valence-electron chi connectivity index (χ4n) is 5.88. The molecule has 0 aromatic carbocycles. The molecule has 1 saturated carbocycles. The van der Waals surface area contributed by atoms with Gasteiger partial charge in [0.25, 0.3) is 5.91 Å². The molecule has 3 aliphatic rings. The maximum atomic E-state index is 13.7. The van der Waals surface area contributed by atoms with Gasteiger partial charge in [-0.2, -0.15) is 13.2 Å². The van der Waals surface area contributed by atoms with Crippen LogP contribution in [0.2, 0.25) is 0 Å². The van der Waals surface area contributed by atoms with Gasteiger partial charge < -0.3 is 31.3 Å². The van der Waals surface area contributed by atoms with Gasteiger partial charge in [-0.3, -0.25) is 24.0 Å². The number of rotatable bonds is 8. The van der Waals surface area contributed by atoms with Gasteiger partial charge in [-0.05, 0) is 35.5 Å². The molecule has 0 spiro atoms. The van der Waals surface area contributed by atoms with E-state index >= 15 is 0 Å². The predicted octanol–water partition coefficient (Wildman–Crippen LogP) is -0.319. The minimum absolute atomic E-state index is 0.0312. The van der Waals surface area contributed by atoms with Crippen molar-refractivity contribution in [3.63, 3.8) is 0 Å². The van der Waals surface area contributed by atoms with Crippen LogP contribution in [0.1, 0.15) is 47.5 Å². The van der Waals surface area contributed by atoms with Gasteiger partial charge in [-0.25, -0.2) is 0 Å². The standard InChI is InChI=1S/C25H38F3N5O6/c1-23(2,3)17(32-22(39)25(26,27)28)21(38)33-10-12-14(24(12,4)5)15(33)19(36)31-13(16(34)20(37)29-6)9-11-7-8-30-18(11)35/h11-17,34H,7-10H2,1-6H3,(H,29,37)(H,30,35)(H,31,36)(H,32,39)/t11?,12-,13-,14-,15-,16?,17?/m0/s1. The average molecular weight is 562 g/mol. The molecule has 5 N–H and O–H groups in total. The van der Waals surface area contributed by atoms with E-state index in [-0.39, 0.29) is 36.1 Å². The molecule has 0 bridgehead atoms.